The molecule has 1 aliphatic rings. The summed E-state index contributed by atoms with van der Waals surface area (Å²) in [5.41, 5.74) is 0. The second kappa shape index (κ2) is 16.2. The minimum absolute atomic E-state index is 0.375. The number of cyclic esters (lactones) is 3. The van der Waals surface area contributed by atoms with E-state index in [-0.39, 0.29) is 5.92 Å². The molecule has 0 radical (unpaired) electrons. The smallest absolute Gasteiger partial charge is 0.329 e. The molecule has 1 aliphatic heterocycles. The highest BCUT2D eigenvalue weighted by molar-refractivity contribution is 5.94. The SMILES string of the molecule is CCC(C)[C@H]1C(=O)O[C@H](C(C)C)C(=O)N(C)[C@@H](C)C(=O)O[C@H](C(C)C)C(=O)N(C)[C@@H](C(C)C)C(=O)O[C@H](C(C)C)C(=O)N1C. The topological polar surface area (TPSA) is 140 Å². The zero-order chi connectivity index (χ0) is 34.4. The average molecular weight is 626 g/mol. The van der Waals surface area contributed by atoms with Crippen molar-refractivity contribution in [2.45, 2.75) is 119 Å². The summed E-state index contributed by atoms with van der Waals surface area (Å²) >= 11 is 0. The van der Waals surface area contributed by atoms with E-state index in [1.165, 1.54) is 37.9 Å². The van der Waals surface area contributed by atoms with Crippen molar-refractivity contribution >= 4 is 35.6 Å². The Bertz CT molecular complexity index is 1060. The molecule has 1 rings (SSSR count). The van der Waals surface area contributed by atoms with Crippen molar-refractivity contribution in [2.24, 2.45) is 29.6 Å². The van der Waals surface area contributed by atoms with Crippen LogP contribution in [0, 0.1) is 29.6 Å². The van der Waals surface area contributed by atoms with Gasteiger partial charge < -0.3 is 28.9 Å². The molecule has 12 nitrogen and oxygen atoms in total. The van der Waals surface area contributed by atoms with Crippen molar-refractivity contribution in [2.75, 3.05) is 21.1 Å². The zero-order valence-corrected chi connectivity index (χ0v) is 29.1. The molecule has 0 aromatic carbocycles. The van der Waals surface area contributed by atoms with Crippen LogP contribution in [0.3, 0.4) is 0 Å². The predicted octanol–water partition coefficient (Wildman–Crippen LogP) is 2.91. The first-order chi connectivity index (χ1) is 20.2. The highest BCUT2D eigenvalue weighted by Crippen LogP contribution is 2.24. The third-order valence-electron chi connectivity index (χ3n) is 8.37. The van der Waals surface area contributed by atoms with E-state index in [9.17, 15) is 28.8 Å². The number of rotatable bonds is 6. The quantitative estimate of drug-likeness (QED) is 0.322. The third kappa shape index (κ3) is 8.94. The van der Waals surface area contributed by atoms with Crippen LogP contribution in [0.5, 0.6) is 0 Å². The lowest BCUT2D eigenvalue weighted by molar-refractivity contribution is -0.180. The van der Waals surface area contributed by atoms with Gasteiger partial charge in [-0.25, -0.2) is 14.4 Å². The predicted molar refractivity (Wildman–Crippen MR) is 164 cm³/mol. The maximum absolute atomic E-state index is 13.9. The fourth-order valence-corrected chi connectivity index (χ4v) is 5.13. The summed E-state index contributed by atoms with van der Waals surface area (Å²) in [6.45, 7) is 18.8. The standard InChI is InChI=1S/C32H55N3O9/c1-15-20(10)23-32(41)44-24(17(4)5)27(36)33(12)21(11)30(39)42-25(18(6)7)28(37)34(13)22(16(2)3)31(40)43-26(19(8)9)29(38)35(23)14/h16-26H,15H2,1-14H3/t20?,21-,22-,23-,24+,25+,26+/m0/s1. The van der Waals surface area contributed by atoms with Crippen LogP contribution >= 0.6 is 0 Å². The van der Waals surface area contributed by atoms with E-state index in [2.05, 4.69) is 0 Å². The molecule has 0 bridgehead atoms. The lowest BCUT2D eigenvalue weighted by Crippen LogP contribution is -2.57. The molecule has 12 heteroatoms. The van der Waals surface area contributed by atoms with Crippen molar-refractivity contribution in [1.82, 2.24) is 14.7 Å². The van der Waals surface area contributed by atoms with Gasteiger partial charge >= 0.3 is 17.9 Å². The molecule has 1 saturated heterocycles. The number of likely N-dealkylation sites (N-methyl/N-ethyl adjacent to an activating group) is 3. The molecule has 0 N–H and O–H groups in total. The number of nitrogens with zero attached hydrogens (tertiary/aromatic N) is 3. The van der Waals surface area contributed by atoms with E-state index >= 15 is 0 Å². The van der Waals surface area contributed by atoms with Crippen LogP contribution in [-0.4, -0.2) is 108 Å². The molecule has 3 amide bonds. The van der Waals surface area contributed by atoms with Gasteiger partial charge in [0.1, 0.15) is 18.1 Å². The molecular weight excluding hydrogens is 570 g/mol. The van der Waals surface area contributed by atoms with Gasteiger partial charge in [-0.15, -0.1) is 0 Å². The van der Waals surface area contributed by atoms with E-state index in [0.717, 1.165) is 4.90 Å². The van der Waals surface area contributed by atoms with Gasteiger partial charge in [0, 0.05) is 21.1 Å². The summed E-state index contributed by atoms with van der Waals surface area (Å²) in [5, 5.41) is 0. The van der Waals surface area contributed by atoms with Gasteiger partial charge in [0.25, 0.3) is 17.7 Å². The summed E-state index contributed by atoms with van der Waals surface area (Å²) in [6, 6.07) is -3.33. The Morgan fingerprint density at radius 3 is 1.18 bits per heavy atom. The first-order valence-electron chi connectivity index (χ1n) is 15.6. The minimum atomic E-state index is -1.27. The lowest BCUT2D eigenvalue weighted by atomic mass is 9.95. The van der Waals surface area contributed by atoms with Crippen LogP contribution in [0.4, 0.5) is 0 Å². The van der Waals surface area contributed by atoms with Crippen LogP contribution in [0.25, 0.3) is 0 Å². The maximum Gasteiger partial charge on any atom is 0.329 e. The number of esters is 3. The Labute approximate surface area is 263 Å². The summed E-state index contributed by atoms with van der Waals surface area (Å²) in [7, 11) is 4.27. The third-order valence-corrected chi connectivity index (χ3v) is 8.37. The number of carbonyl (C=O) groups excluding carboxylic acids is 6. The normalized spacial score (nSPS) is 28.4. The molecule has 0 aromatic heterocycles. The van der Waals surface area contributed by atoms with E-state index in [1.54, 1.807) is 62.3 Å². The molecule has 1 heterocycles. The Balaban J connectivity index is 3.86. The molecule has 7 atom stereocenters. The zero-order valence-electron chi connectivity index (χ0n) is 29.1. The van der Waals surface area contributed by atoms with Crippen LogP contribution in [0.15, 0.2) is 0 Å². The van der Waals surface area contributed by atoms with E-state index < -0.39 is 95.7 Å². The van der Waals surface area contributed by atoms with Crippen molar-refractivity contribution in [3.05, 3.63) is 0 Å². The summed E-state index contributed by atoms with van der Waals surface area (Å²) in [5.74, 6) is -6.51. The Morgan fingerprint density at radius 2 is 0.841 bits per heavy atom. The largest absolute Gasteiger partial charge is 0.450 e. The fourth-order valence-electron chi connectivity index (χ4n) is 5.13. The molecule has 1 unspecified atom stereocenters. The number of hydrogen-bond acceptors (Lipinski definition) is 9. The molecule has 44 heavy (non-hydrogen) atoms. The fraction of sp³-hybridized carbons (Fsp3) is 0.812. The Morgan fingerprint density at radius 1 is 0.523 bits per heavy atom. The van der Waals surface area contributed by atoms with Gasteiger partial charge in [-0.05, 0) is 36.5 Å². The first kappa shape index (κ1) is 38.8. The van der Waals surface area contributed by atoms with Gasteiger partial charge in [0.15, 0.2) is 18.3 Å². The minimum Gasteiger partial charge on any atom is -0.450 e. The van der Waals surface area contributed by atoms with Crippen LogP contribution in [-0.2, 0) is 43.0 Å². The second-order valence-electron chi connectivity index (χ2n) is 13.3. The number of ether oxygens (including phenoxy) is 3. The van der Waals surface area contributed by atoms with Gasteiger partial charge in [-0.2, -0.15) is 0 Å². The first-order valence-corrected chi connectivity index (χ1v) is 15.6. The average Bonchev–Trinajstić information content (AvgIpc) is 2.93. The van der Waals surface area contributed by atoms with Gasteiger partial charge in [-0.3, -0.25) is 14.4 Å². The Hall–Kier alpha value is -3.18. The number of carbonyl (C=O) groups is 6. The van der Waals surface area contributed by atoms with E-state index in [1.807, 2.05) is 6.92 Å². The van der Waals surface area contributed by atoms with Gasteiger partial charge in [0.05, 0.1) is 0 Å². The van der Waals surface area contributed by atoms with Crippen molar-refractivity contribution in [3.8, 4) is 0 Å². The summed E-state index contributed by atoms with van der Waals surface area (Å²) in [6.07, 6.45) is -3.30. The van der Waals surface area contributed by atoms with Gasteiger partial charge in [-0.1, -0.05) is 75.7 Å². The lowest BCUT2D eigenvalue weighted by Gasteiger charge is -2.38. The highest BCUT2D eigenvalue weighted by atomic mass is 16.6. The van der Waals surface area contributed by atoms with Crippen molar-refractivity contribution in [1.29, 1.82) is 0 Å². The molecule has 0 aliphatic carbocycles. The van der Waals surface area contributed by atoms with E-state index in [4.69, 9.17) is 14.2 Å². The molecular formula is C32H55N3O9. The molecule has 0 spiro atoms. The highest BCUT2D eigenvalue weighted by Gasteiger charge is 2.44. The molecule has 0 saturated carbocycles. The molecule has 252 valence electrons. The van der Waals surface area contributed by atoms with Crippen molar-refractivity contribution < 1.29 is 43.0 Å². The summed E-state index contributed by atoms with van der Waals surface area (Å²) < 4.78 is 17.3. The van der Waals surface area contributed by atoms with Crippen LogP contribution in [0.1, 0.15) is 82.6 Å². The maximum atomic E-state index is 13.9. The van der Waals surface area contributed by atoms with Crippen molar-refractivity contribution in [3.63, 3.8) is 0 Å². The second-order valence-corrected chi connectivity index (χ2v) is 13.3. The van der Waals surface area contributed by atoms with Gasteiger partial charge in [0.2, 0.25) is 0 Å². The van der Waals surface area contributed by atoms with E-state index in [0.29, 0.717) is 6.42 Å². The monoisotopic (exact) mass is 625 g/mol. The van der Waals surface area contributed by atoms with Crippen LogP contribution in [0.2, 0.25) is 0 Å². The number of hydrogen-bond donors (Lipinski definition) is 0. The molecule has 1 fully saturated rings. The summed E-state index contributed by atoms with van der Waals surface area (Å²) in [4.78, 5) is 85.5. The number of amides is 3. The van der Waals surface area contributed by atoms with Crippen LogP contribution < -0.4 is 0 Å². The Kier molecular flexibility index (Phi) is 14.3. The molecule has 0 aromatic rings.